The van der Waals surface area contributed by atoms with Gasteiger partial charge in [-0.05, 0) is 38.1 Å². The van der Waals surface area contributed by atoms with Crippen LogP contribution in [0.5, 0.6) is 0 Å². The Morgan fingerprint density at radius 2 is 1.90 bits per heavy atom. The highest BCUT2D eigenvalue weighted by atomic mass is 16.1. The zero-order valence-electron chi connectivity index (χ0n) is 13.0. The first-order chi connectivity index (χ1) is 9.99. The number of nitrogens with zero attached hydrogens (tertiary/aromatic N) is 2. The molecule has 0 bridgehead atoms. The monoisotopic (exact) mass is 286 g/mol. The Kier molecular flexibility index (Phi) is 4.62. The fraction of sp³-hybridized carbons (Fsp3) is 0.375. The molecular weight excluding hydrogens is 264 g/mol. The molecular formula is C16H22N4O. The third-order valence-corrected chi connectivity index (χ3v) is 3.39. The molecule has 21 heavy (non-hydrogen) atoms. The summed E-state index contributed by atoms with van der Waals surface area (Å²) in [6, 6.07) is 7.91. The molecule has 0 saturated carbocycles. The number of rotatable bonds is 5. The van der Waals surface area contributed by atoms with E-state index in [2.05, 4.69) is 22.7 Å². The second kappa shape index (κ2) is 6.43. The summed E-state index contributed by atoms with van der Waals surface area (Å²) in [5.41, 5.74) is 4.04. The van der Waals surface area contributed by atoms with Gasteiger partial charge in [0.2, 0.25) is 5.91 Å². The summed E-state index contributed by atoms with van der Waals surface area (Å²) in [7, 11) is 1.93. The lowest BCUT2D eigenvalue weighted by Crippen LogP contribution is -2.10. The second-order valence-electron chi connectivity index (χ2n) is 5.19. The van der Waals surface area contributed by atoms with E-state index in [-0.39, 0.29) is 11.9 Å². The highest BCUT2D eigenvalue weighted by molar-refractivity contribution is 5.90. The average Bonchev–Trinajstić information content (AvgIpc) is 2.80. The van der Waals surface area contributed by atoms with Crippen molar-refractivity contribution in [3.8, 4) is 0 Å². The van der Waals surface area contributed by atoms with Crippen LogP contribution >= 0.6 is 0 Å². The first kappa shape index (κ1) is 15.1. The standard InChI is InChI=1S/C16H22N4O/c1-5-16(21)18-14-8-6-13(7-9-14)17-11(2)15-10-20(4)19-12(15)3/h6-11,17H,5H2,1-4H3,(H,18,21). The predicted molar refractivity (Wildman–Crippen MR) is 85.3 cm³/mol. The van der Waals surface area contributed by atoms with Crippen molar-refractivity contribution in [2.75, 3.05) is 10.6 Å². The SMILES string of the molecule is CCC(=O)Nc1ccc(NC(C)c2cn(C)nc2C)cc1. The Labute approximate surface area is 125 Å². The Balaban J connectivity index is 2.03. The number of carbonyl (C=O) groups is 1. The van der Waals surface area contributed by atoms with Gasteiger partial charge < -0.3 is 10.6 Å². The maximum atomic E-state index is 11.3. The Bertz CT molecular complexity index is 616. The second-order valence-corrected chi connectivity index (χ2v) is 5.19. The zero-order chi connectivity index (χ0) is 15.4. The van der Waals surface area contributed by atoms with Gasteiger partial charge in [0, 0.05) is 36.6 Å². The van der Waals surface area contributed by atoms with Crippen LogP contribution in [0.1, 0.15) is 37.6 Å². The van der Waals surface area contributed by atoms with Crippen LogP contribution in [0.4, 0.5) is 11.4 Å². The van der Waals surface area contributed by atoms with E-state index in [4.69, 9.17) is 0 Å². The van der Waals surface area contributed by atoms with Crippen LogP contribution in [0, 0.1) is 6.92 Å². The number of hydrogen-bond acceptors (Lipinski definition) is 3. The highest BCUT2D eigenvalue weighted by Crippen LogP contribution is 2.22. The number of aryl methyl sites for hydroxylation is 2. The van der Waals surface area contributed by atoms with Crippen LogP contribution < -0.4 is 10.6 Å². The number of nitrogens with one attached hydrogen (secondary N) is 2. The molecule has 0 radical (unpaired) electrons. The number of carbonyl (C=O) groups excluding carboxylic acids is 1. The summed E-state index contributed by atoms with van der Waals surface area (Å²) >= 11 is 0. The summed E-state index contributed by atoms with van der Waals surface area (Å²) in [6.45, 7) is 5.96. The molecule has 5 heteroatoms. The molecule has 1 heterocycles. The molecule has 1 unspecified atom stereocenters. The van der Waals surface area contributed by atoms with E-state index >= 15 is 0 Å². The van der Waals surface area contributed by atoms with Gasteiger partial charge in [0.1, 0.15) is 0 Å². The summed E-state index contributed by atoms with van der Waals surface area (Å²) in [6.07, 6.45) is 2.51. The minimum Gasteiger partial charge on any atom is -0.378 e. The molecule has 0 spiro atoms. The molecule has 1 aromatic carbocycles. The lowest BCUT2D eigenvalue weighted by atomic mass is 10.1. The van der Waals surface area contributed by atoms with Gasteiger partial charge >= 0.3 is 0 Å². The Hall–Kier alpha value is -2.30. The summed E-state index contributed by atoms with van der Waals surface area (Å²) in [5.74, 6) is 0.0232. The molecule has 0 aliphatic rings. The predicted octanol–water partition coefficient (Wildman–Crippen LogP) is 3.25. The molecule has 1 aromatic heterocycles. The fourth-order valence-corrected chi connectivity index (χ4v) is 2.27. The van der Waals surface area contributed by atoms with Crippen molar-refractivity contribution in [1.82, 2.24) is 9.78 Å². The third-order valence-electron chi connectivity index (χ3n) is 3.39. The smallest absolute Gasteiger partial charge is 0.224 e. The van der Waals surface area contributed by atoms with Crippen LogP contribution in [-0.4, -0.2) is 15.7 Å². The average molecular weight is 286 g/mol. The lowest BCUT2D eigenvalue weighted by Gasteiger charge is -2.15. The summed E-state index contributed by atoms with van der Waals surface area (Å²) < 4.78 is 1.83. The molecule has 0 saturated heterocycles. The minimum absolute atomic E-state index is 0.0232. The van der Waals surface area contributed by atoms with Gasteiger partial charge in [-0.25, -0.2) is 0 Å². The summed E-state index contributed by atoms with van der Waals surface area (Å²) in [4.78, 5) is 11.3. The third kappa shape index (κ3) is 3.84. The molecule has 2 N–H and O–H groups in total. The van der Waals surface area contributed by atoms with Crippen LogP contribution in [0.3, 0.4) is 0 Å². The van der Waals surface area contributed by atoms with E-state index in [1.807, 2.05) is 56.0 Å². The molecule has 5 nitrogen and oxygen atoms in total. The number of hydrogen-bond donors (Lipinski definition) is 2. The topological polar surface area (TPSA) is 59.0 Å². The van der Waals surface area contributed by atoms with Crippen molar-refractivity contribution in [2.45, 2.75) is 33.2 Å². The quantitative estimate of drug-likeness (QED) is 0.887. The number of amides is 1. The van der Waals surface area contributed by atoms with E-state index in [1.54, 1.807) is 0 Å². The van der Waals surface area contributed by atoms with Crippen molar-refractivity contribution in [2.24, 2.45) is 7.05 Å². The van der Waals surface area contributed by atoms with E-state index in [0.717, 1.165) is 17.1 Å². The van der Waals surface area contributed by atoms with Crippen LogP contribution in [0.25, 0.3) is 0 Å². The number of benzene rings is 1. The van der Waals surface area contributed by atoms with Gasteiger partial charge in [-0.15, -0.1) is 0 Å². The largest absolute Gasteiger partial charge is 0.378 e. The molecule has 2 rings (SSSR count). The van der Waals surface area contributed by atoms with E-state index < -0.39 is 0 Å². The lowest BCUT2D eigenvalue weighted by molar-refractivity contribution is -0.115. The van der Waals surface area contributed by atoms with Crippen molar-refractivity contribution in [3.05, 3.63) is 41.7 Å². The van der Waals surface area contributed by atoms with Crippen LogP contribution in [-0.2, 0) is 11.8 Å². The molecule has 1 atom stereocenters. The molecule has 0 fully saturated rings. The highest BCUT2D eigenvalue weighted by Gasteiger charge is 2.11. The first-order valence-corrected chi connectivity index (χ1v) is 7.16. The van der Waals surface area contributed by atoms with Crippen LogP contribution in [0.2, 0.25) is 0 Å². The molecule has 0 aliphatic heterocycles. The van der Waals surface area contributed by atoms with Gasteiger partial charge in [0.25, 0.3) is 0 Å². The Morgan fingerprint density at radius 1 is 1.29 bits per heavy atom. The van der Waals surface area contributed by atoms with Crippen molar-refractivity contribution in [3.63, 3.8) is 0 Å². The van der Waals surface area contributed by atoms with Crippen molar-refractivity contribution < 1.29 is 4.79 Å². The maximum Gasteiger partial charge on any atom is 0.224 e. The number of aromatic nitrogens is 2. The van der Waals surface area contributed by atoms with Crippen LogP contribution in [0.15, 0.2) is 30.5 Å². The van der Waals surface area contributed by atoms with E-state index in [0.29, 0.717) is 6.42 Å². The molecule has 0 aliphatic carbocycles. The van der Waals surface area contributed by atoms with E-state index in [9.17, 15) is 4.79 Å². The molecule has 2 aromatic rings. The minimum atomic E-state index is 0.0232. The van der Waals surface area contributed by atoms with Crippen molar-refractivity contribution >= 4 is 17.3 Å². The van der Waals surface area contributed by atoms with Gasteiger partial charge in [-0.1, -0.05) is 6.92 Å². The normalized spacial score (nSPS) is 12.0. The van der Waals surface area contributed by atoms with Gasteiger partial charge in [0.05, 0.1) is 11.7 Å². The van der Waals surface area contributed by atoms with Gasteiger partial charge in [-0.2, -0.15) is 5.10 Å². The van der Waals surface area contributed by atoms with E-state index in [1.165, 1.54) is 5.56 Å². The molecule has 112 valence electrons. The number of anilines is 2. The Morgan fingerprint density at radius 3 is 2.43 bits per heavy atom. The van der Waals surface area contributed by atoms with Gasteiger partial charge in [-0.3, -0.25) is 9.48 Å². The van der Waals surface area contributed by atoms with Crippen molar-refractivity contribution in [1.29, 1.82) is 0 Å². The molecule has 1 amide bonds. The maximum absolute atomic E-state index is 11.3. The van der Waals surface area contributed by atoms with Gasteiger partial charge in [0.15, 0.2) is 0 Å². The zero-order valence-corrected chi connectivity index (χ0v) is 13.0. The fourth-order valence-electron chi connectivity index (χ4n) is 2.27. The first-order valence-electron chi connectivity index (χ1n) is 7.16. The summed E-state index contributed by atoms with van der Waals surface area (Å²) in [5, 5.41) is 10.6.